The Morgan fingerprint density at radius 1 is 1.35 bits per heavy atom. The van der Waals surface area contributed by atoms with Crippen molar-refractivity contribution in [2.75, 3.05) is 6.54 Å². The lowest BCUT2D eigenvalue weighted by molar-refractivity contribution is 0.644. The Hall–Kier alpha value is -1.51. The maximum Gasteiger partial charge on any atom is 0.0831 e. The van der Waals surface area contributed by atoms with E-state index in [2.05, 4.69) is 23.8 Å². The van der Waals surface area contributed by atoms with Gasteiger partial charge >= 0.3 is 0 Å². The molecule has 0 spiro atoms. The maximum absolute atomic E-state index is 5.89. The smallest absolute Gasteiger partial charge is 0.0831 e. The second-order valence-corrected chi connectivity index (χ2v) is 3.80. The zero-order valence-electron chi connectivity index (χ0n) is 11.1. The fourth-order valence-electron chi connectivity index (χ4n) is 1.36. The number of allylic oxidation sites excluding steroid dienone is 2. The minimum atomic E-state index is 0.654. The predicted molar refractivity (Wildman–Crippen MR) is 76.9 cm³/mol. The maximum atomic E-state index is 5.89. The van der Waals surface area contributed by atoms with Gasteiger partial charge in [0.15, 0.2) is 0 Å². The fourth-order valence-corrected chi connectivity index (χ4v) is 1.36. The molecule has 0 rings (SSSR count). The summed E-state index contributed by atoms with van der Waals surface area (Å²) in [5.74, 6) is 0. The summed E-state index contributed by atoms with van der Waals surface area (Å²) in [6.07, 6.45) is 12.0. The van der Waals surface area contributed by atoms with E-state index < -0.39 is 0 Å². The summed E-state index contributed by atoms with van der Waals surface area (Å²) in [5, 5.41) is 3.21. The third-order valence-corrected chi connectivity index (χ3v) is 2.32. The van der Waals surface area contributed by atoms with E-state index in [4.69, 9.17) is 5.73 Å². The normalized spacial score (nSPS) is 13.1. The van der Waals surface area contributed by atoms with Crippen molar-refractivity contribution in [3.8, 4) is 0 Å². The molecule has 0 aliphatic rings. The van der Waals surface area contributed by atoms with E-state index in [1.165, 1.54) is 25.7 Å². The molecular weight excluding hydrogens is 210 g/mol. The van der Waals surface area contributed by atoms with Crippen LogP contribution >= 0.6 is 0 Å². The van der Waals surface area contributed by atoms with Crippen LogP contribution in [0.4, 0.5) is 0 Å². The lowest BCUT2D eigenvalue weighted by atomic mass is 10.2. The number of nitrogens with one attached hydrogen (secondary N) is 1. The average molecular weight is 235 g/mol. The van der Waals surface area contributed by atoms with Crippen molar-refractivity contribution in [3.05, 3.63) is 36.3 Å². The molecule has 3 nitrogen and oxygen atoms in total. The van der Waals surface area contributed by atoms with Crippen molar-refractivity contribution in [2.45, 2.75) is 39.5 Å². The van der Waals surface area contributed by atoms with Crippen LogP contribution in [0.2, 0.25) is 0 Å². The molecule has 0 aliphatic carbocycles. The van der Waals surface area contributed by atoms with Crippen LogP contribution in [0.15, 0.2) is 41.3 Å². The summed E-state index contributed by atoms with van der Waals surface area (Å²) in [4.78, 5) is 4.17. The molecule has 0 saturated heterocycles. The van der Waals surface area contributed by atoms with Gasteiger partial charge in [0, 0.05) is 19.0 Å². The van der Waals surface area contributed by atoms with Gasteiger partial charge in [-0.2, -0.15) is 0 Å². The first-order valence-corrected chi connectivity index (χ1v) is 6.27. The van der Waals surface area contributed by atoms with Gasteiger partial charge in [0.25, 0.3) is 0 Å². The van der Waals surface area contributed by atoms with Crippen LogP contribution < -0.4 is 11.1 Å². The lowest BCUT2D eigenvalue weighted by Gasteiger charge is -2.04. The summed E-state index contributed by atoms with van der Waals surface area (Å²) in [7, 11) is 0. The van der Waals surface area contributed by atoms with Crippen LogP contribution in [0.1, 0.15) is 39.5 Å². The van der Waals surface area contributed by atoms with Crippen molar-refractivity contribution in [1.29, 1.82) is 0 Å². The molecular formula is C14H25N3. The highest BCUT2D eigenvalue weighted by molar-refractivity contribution is 5.71. The number of unbranched alkanes of at least 4 members (excludes halogenated alkanes) is 3. The van der Waals surface area contributed by atoms with Gasteiger partial charge in [-0.3, -0.25) is 4.99 Å². The van der Waals surface area contributed by atoms with Crippen LogP contribution in [0.3, 0.4) is 0 Å². The molecule has 17 heavy (non-hydrogen) atoms. The molecule has 96 valence electrons. The molecule has 0 fully saturated rings. The zero-order valence-corrected chi connectivity index (χ0v) is 11.1. The Bertz CT molecular complexity index is 288. The Balaban J connectivity index is 3.98. The Morgan fingerprint density at radius 2 is 2.12 bits per heavy atom. The van der Waals surface area contributed by atoms with E-state index in [1.807, 2.05) is 19.2 Å². The monoisotopic (exact) mass is 235 g/mol. The van der Waals surface area contributed by atoms with Crippen LogP contribution in [-0.4, -0.2) is 12.8 Å². The number of rotatable bonds is 9. The second kappa shape index (κ2) is 11.0. The molecule has 0 atom stereocenters. The Kier molecular flexibility index (Phi) is 10.0. The van der Waals surface area contributed by atoms with Crippen LogP contribution in [-0.2, 0) is 0 Å². The molecule has 3 N–H and O–H groups in total. The second-order valence-electron chi connectivity index (χ2n) is 3.80. The number of hydrogen-bond donors (Lipinski definition) is 2. The number of hydrogen-bond acceptors (Lipinski definition) is 3. The minimum absolute atomic E-state index is 0.654. The van der Waals surface area contributed by atoms with Crippen molar-refractivity contribution in [1.82, 2.24) is 5.32 Å². The molecule has 0 radical (unpaired) electrons. The summed E-state index contributed by atoms with van der Waals surface area (Å²) < 4.78 is 0. The zero-order chi connectivity index (χ0) is 12.9. The molecule has 0 aliphatic heterocycles. The van der Waals surface area contributed by atoms with Gasteiger partial charge in [-0.15, -0.1) is 0 Å². The lowest BCUT2D eigenvalue weighted by Crippen LogP contribution is -2.12. The molecule has 3 heteroatoms. The molecule has 0 aromatic carbocycles. The van der Waals surface area contributed by atoms with Crippen molar-refractivity contribution >= 4 is 6.21 Å². The van der Waals surface area contributed by atoms with Gasteiger partial charge in [0.1, 0.15) is 0 Å². The highest BCUT2D eigenvalue weighted by atomic mass is 14.9. The summed E-state index contributed by atoms with van der Waals surface area (Å²) >= 11 is 0. The van der Waals surface area contributed by atoms with Gasteiger partial charge in [-0.05, 0) is 13.3 Å². The standard InChI is InChI=1S/C14H25N3/c1-4-7-8-9-11-16-12-13(15)14(6-3)17-10-5-2/h5-6,10,12,16H,2,4,7-9,11,15H2,1,3H3/b13-12-,14-6-,17-10?. The van der Waals surface area contributed by atoms with E-state index >= 15 is 0 Å². The minimum Gasteiger partial charge on any atom is -0.396 e. The first-order chi connectivity index (χ1) is 8.26. The van der Waals surface area contributed by atoms with E-state index in [0.29, 0.717) is 5.70 Å². The van der Waals surface area contributed by atoms with Gasteiger partial charge < -0.3 is 11.1 Å². The first-order valence-electron chi connectivity index (χ1n) is 6.27. The summed E-state index contributed by atoms with van der Waals surface area (Å²) in [6, 6.07) is 0. The topological polar surface area (TPSA) is 50.4 Å². The van der Waals surface area contributed by atoms with E-state index in [1.54, 1.807) is 12.3 Å². The number of aliphatic imine (C=N–C) groups is 1. The highest BCUT2D eigenvalue weighted by Crippen LogP contribution is 2.04. The van der Waals surface area contributed by atoms with Crippen LogP contribution in [0.25, 0.3) is 0 Å². The third-order valence-electron chi connectivity index (χ3n) is 2.32. The van der Waals surface area contributed by atoms with Gasteiger partial charge in [0.2, 0.25) is 0 Å². The molecule has 0 unspecified atom stereocenters. The highest BCUT2D eigenvalue weighted by Gasteiger charge is 1.95. The van der Waals surface area contributed by atoms with Crippen molar-refractivity contribution in [3.63, 3.8) is 0 Å². The molecule has 0 aromatic rings. The summed E-state index contributed by atoms with van der Waals surface area (Å²) in [6.45, 7) is 8.66. The SMILES string of the molecule is C=CC=NC(=C\C)/C(N)=C/NCCCCCC. The van der Waals surface area contributed by atoms with Crippen LogP contribution in [0, 0.1) is 0 Å². The van der Waals surface area contributed by atoms with Crippen molar-refractivity contribution in [2.24, 2.45) is 10.7 Å². The predicted octanol–water partition coefficient (Wildman–Crippen LogP) is 3.12. The quantitative estimate of drug-likeness (QED) is 0.366. The van der Waals surface area contributed by atoms with E-state index in [-0.39, 0.29) is 0 Å². The van der Waals surface area contributed by atoms with E-state index in [0.717, 1.165) is 12.2 Å². The molecule has 0 heterocycles. The Labute approximate surface area is 105 Å². The average Bonchev–Trinajstić information content (AvgIpc) is 2.34. The number of nitrogens with two attached hydrogens (primary N) is 1. The Morgan fingerprint density at radius 3 is 2.71 bits per heavy atom. The largest absolute Gasteiger partial charge is 0.396 e. The first kappa shape index (κ1) is 15.5. The number of nitrogens with zero attached hydrogens (tertiary/aromatic N) is 1. The molecule has 0 amide bonds. The van der Waals surface area contributed by atoms with Crippen LogP contribution in [0.5, 0.6) is 0 Å². The molecule has 0 saturated carbocycles. The van der Waals surface area contributed by atoms with E-state index in [9.17, 15) is 0 Å². The molecule has 0 aromatic heterocycles. The summed E-state index contributed by atoms with van der Waals surface area (Å²) in [5.41, 5.74) is 7.32. The van der Waals surface area contributed by atoms with Gasteiger partial charge in [-0.25, -0.2) is 0 Å². The third kappa shape index (κ3) is 8.31. The van der Waals surface area contributed by atoms with Gasteiger partial charge in [0.05, 0.1) is 11.4 Å². The van der Waals surface area contributed by atoms with Gasteiger partial charge in [-0.1, -0.05) is 44.9 Å². The molecule has 0 bridgehead atoms. The fraction of sp³-hybridized carbons (Fsp3) is 0.500. The van der Waals surface area contributed by atoms with Crippen molar-refractivity contribution < 1.29 is 0 Å².